The van der Waals surface area contributed by atoms with Crippen LogP contribution < -0.4 is 10.2 Å². The molecule has 146 valence electrons. The van der Waals surface area contributed by atoms with Crippen molar-refractivity contribution in [2.45, 2.75) is 26.7 Å². The number of nitrogens with one attached hydrogen (secondary N) is 1. The van der Waals surface area contributed by atoms with Crippen LogP contribution in [0.3, 0.4) is 0 Å². The number of carbonyl (C=O) groups excluding carboxylic acids is 2. The summed E-state index contributed by atoms with van der Waals surface area (Å²) in [5.74, 6) is -0.171. The van der Waals surface area contributed by atoms with Crippen LogP contribution in [0, 0.1) is 19.3 Å². The van der Waals surface area contributed by atoms with Crippen molar-refractivity contribution >= 4 is 23.2 Å². The predicted octanol–water partition coefficient (Wildman–Crippen LogP) is 3.37. The Kier molecular flexibility index (Phi) is 4.84. The lowest BCUT2D eigenvalue weighted by Crippen LogP contribution is -2.52. The Morgan fingerprint density at radius 1 is 0.893 bits per heavy atom. The van der Waals surface area contributed by atoms with Crippen molar-refractivity contribution in [1.29, 1.82) is 0 Å². The third kappa shape index (κ3) is 3.61. The molecule has 0 unspecified atom stereocenters. The second kappa shape index (κ2) is 7.30. The number of amides is 2. The fourth-order valence-electron chi connectivity index (χ4n) is 4.07. The summed E-state index contributed by atoms with van der Waals surface area (Å²) in [4.78, 5) is 30.2. The van der Waals surface area contributed by atoms with Gasteiger partial charge in [-0.25, -0.2) is 0 Å². The van der Waals surface area contributed by atoms with E-state index in [1.165, 1.54) is 5.69 Å². The Morgan fingerprint density at radius 2 is 1.50 bits per heavy atom. The van der Waals surface area contributed by atoms with Crippen LogP contribution in [0.25, 0.3) is 0 Å². The maximum Gasteiger partial charge on any atom is 0.240 e. The minimum absolute atomic E-state index is 0.0120. The van der Waals surface area contributed by atoms with Gasteiger partial charge in [0.1, 0.15) is 5.41 Å². The molecule has 1 heterocycles. The number of hydrogen-bond acceptors (Lipinski definition) is 3. The van der Waals surface area contributed by atoms with Gasteiger partial charge >= 0.3 is 0 Å². The second-order valence-corrected chi connectivity index (χ2v) is 8.03. The summed E-state index contributed by atoms with van der Waals surface area (Å²) in [6.45, 7) is 6.92. The molecule has 0 radical (unpaired) electrons. The first-order chi connectivity index (χ1) is 13.5. The molecule has 1 aliphatic carbocycles. The fourth-order valence-corrected chi connectivity index (χ4v) is 4.07. The van der Waals surface area contributed by atoms with Gasteiger partial charge in [0.25, 0.3) is 0 Å². The van der Waals surface area contributed by atoms with Gasteiger partial charge in [-0.05, 0) is 62.1 Å². The lowest BCUT2D eigenvalue weighted by Gasteiger charge is -2.37. The molecule has 2 fully saturated rings. The third-order valence-corrected chi connectivity index (χ3v) is 5.76. The predicted molar refractivity (Wildman–Crippen MR) is 111 cm³/mol. The zero-order valence-corrected chi connectivity index (χ0v) is 16.6. The van der Waals surface area contributed by atoms with Gasteiger partial charge < -0.3 is 15.1 Å². The Morgan fingerprint density at radius 3 is 2.07 bits per heavy atom. The van der Waals surface area contributed by atoms with Gasteiger partial charge in [0.05, 0.1) is 0 Å². The molecule has 1 saturated heterocycles. The molecular weight excluding hydrogens is 350 g/mol. The molecule has 1 aliphatic heterocycles. The number of piperazine rings is 1. The summed E-state index contributed by atoms with van der Waals surface area (Å²) < 4.78 is 0. The monoisotopic (exact) mass is 377 g/mol. The molecule has 1 saturated carbocycles. The SMILES string of the molecule is Cc1cc(C)cc(NC(=O)C2(C(=O)N3CCN(c4ccccc4)CC3)CC2)c1. The summed E-state index contributed by atoms with van der Waals surface area (Å²) in [5.41, 5.74) is 3.29. The maximum absolute atomic E-state index is 13.1. The lowest BCUT2D eigenvalue weighted by atomic mass is 10.0. The molecule has 4 rings (SSSR count). The minimum atomic E-state index is -0.868. The molecular formula is C23H27N3O2. The van der Waals surface area contributed by atoms with Gasteiger partial charge in [-0.15, -0.1) is 0 Å². The van der Waals surface area contributed by atoms with Crippen molar-refractivity contribution in [3.8, 4) is 0 Å². The molecule has 0 atom stereocenters. The lowest BCUT2D eigenvalue weighted by molar-refractivity contribution is -0.142. The molecule has 2 amide bonds. The van der Waals surface area contributed by atoms with E-state index in [2.05, 4.69) is 28.4 Å². The van der Waals surface area contributed by atoms with Crippen LogP contribution in [0.15, 0.2) is 48.5 Å². The van der Waals surface area contributed by atoms with Crippen molar-refractivity contribution in [3.05, 3.63) is 59.7 Å². The number of benzene rings is 2. The first-order valence-electron chi connectivity index (χ1n) is 9.97. The topological polar surface area (TPSA) is 52.7 Å². The maximum atomic E-state index is 13.1. The molecule has 5 nitrogen and oxygen atoms in total. The second-order valence-electron chi connectivity index (χ2n) is 8.03. The van der Waals surface area contributed by atoms with Gasteiger partial charge in [0, 0.05) is 37.6 Å². The van der Waals surface area contributed by atoms with Crippen LogP contribution in [0.5, 0.6) is 0 Å². The van der Waals surface area contributed by atoms with Crippen molar-refractivity contribution < 1.29 is 9.59 Å². The molecule has 2 aliphatic rings. The molecule has 5 heteroatoms. The van der Waals surface area contributed by atoms with Crippen molar-refractivity contribution in [3.63, 3.8) is 0 Å². The van der Waals surface area contributed by atoms with E-state index in [9.17, 15) is 9.59 Å². The normalized spacial score (nSPS) is 17.9. The Labute approximate surface area is 166 Å². The van der Waals surface area contributed by atoms with Crippen molar-refractivity contribution in [1.82, 2.24) is 4.90 Å². The van der Waals surface area contributed by atoms with E-state index in [0.717, 1.165) is 29.9 Å². The summed E-state index contributed by atoms with van der Waals surface area (Å²) in [5, 5.41) is 2.98. The fraction of sp³-hybridized carbons (Fsp3) is 0.391. The Bertz CT molecular complexity index is 862. The highest BCUT2D eigenvalue weighted by Crippen LogP contribution is 2.48. The van der Waals surface area contributed by atoms with E-state index in [0.29, 0.717) is 25.9 Å². The van der Waals surface area contributed by atoms with Crippen molar-refractivity contribution in [2.75, 3.05) is 36.4 Å². The Balaban J connectivity index is 1.39. The molecule has 0 spiro atoms. The molecule has 2 aromatic rings. The zero-order valence-electron chi connectivity index (χ0n) is 16.6. The smallest absolute Gasteiger partial charge is 0.240 e. The van der Waals surface area contributed by atoms with Gasteiger partial charge in [0.15, 0.2) is 0 Å². The highest BCUT2D eigenvalue weighted by Gasteiger charge is 2.58. The molecule has 1 N–H and O–H groups in total. The number of carbonyl (C=O) groups is 2. The number of anilines is 2. The molecule has 0 aromatic heterocycles. The van der Waals surface area contributed by atoms with Gasteiger partial charge in [-0.3, -0.25) is 9.59 Å². The summed E-state index contributed by atoms with van der Waals surface area (Å²) in [7, 11) is 0. The summed E-state index contributed by atoms with van der Waals surface area (Å²) in [6, 6.07) is 16.2. The third-order valence-electron chi connectivity index (χ3n) is 5.76. The van der Waals surface area contributed by atoms with Crippen LogP contribution in [0.4, 0.5) is 11.4 Å². The number of nitrogens with zero attached hydrogens (tertiary/aromatic N) is 2. The van der Waals surface area contributed by atoms with E-state index >= 15 is 0 Å². The molecule has 2 aromatic carbocycles. The van der Waals surface area contributed by atoms with Gasteiger partial charge in [-0.1, -0.05) is 24.3 Å². The van der Waals surface area contributed by atoms with Crippen LogP contribution >= 0.6 is 0 Å². The summed E-state index contributed by atoms with van der Waals surface area (Å²) in [6.07, 6.45) is 1.28. The van der Waals surface area contributed by atoms with E-state index in [1.54, 1.807) is 0 Å². The minimum Gasteiger partial charge on any atom is -0.368 e. The first kappa shape index (κ1) is 18.5. The van der Waals surface area contributed by atoms with E-state index in [1.807, 2.05) is 49.1 Å². The number of rotatable bonds is 4. The molecule has 0 bridgehead atoms. The summed E-state index contributed by atoms with van der Waals surface area (Å²) >= 11 is 0. The zero-order chi connectivity index (χ0) is 19.7. The van der Waals surface area contributed by atoms with Crippen LogP contribution in [-0.4, -0.2) is 42.9 Å². The quantitative estimate of drug-likeness (QED) is 0.831. The largest absolute Gasteiger partial charge is 0.368 e. The number of para-hydroxylation sites is 1. The Hall–Kier alpha value is -2.82. The van der Waals surface area contributed by atoms with Crippen LogP contribution in [0.2, 0.25) is 0 Å². The van der Waals surface area contributed by atoms with Crippen LogP contribution in [0.1, 0.15) is 24.0 Å². The highest BCUT2D eigenvalue weighted by molar-refractivity contribution is 6.13. The van der Waals surface area contributed by atoms with Gasteiger partial charge in [0.2, 0.25) is 11.8 Å². The average molecular weight is 377 g/mol. The number of hydrogen-bond donors (Lipinski definition) is 1. The van der Waals surface area contributed by atoms with Gasteiger partial charge in [-0.2, -0.15) is 0 Å². The number of aryl methyl sites for hydroxylation is 2. The van der Waals surface area contributed by atoms with E-state index < -0.39 is 5.41 Å². The van der Waals surface area contributed by atoms with Crippen LogP contribution in [-0.2, 0) is 9.59 Å². The highest BCUT2D eigenvalue weighted by atomic mass is 16.2. The first-order valence-corrected chi connectivity index (χ1v) is 9.97. The van der Waals surface area contributed by atoms with Crippen molar-refractivity contribution in [2.24, 2.45) is 5.41 Å². The molecule has 28 heavy (non-hydrogen) atoms. The van der Waals surface area contributed by atoms with E-state index in [4.69, 9.17) is 0 Å². The van der Waals surface area contributed by atoms with E-state index in [-0.39, 0.29) is 11.8 Å². The average Bonchev–Trinajstić information content (AvgIpc) is 3.49. The standard InChI is InChI=1S/C23H27N3O2/c1-17-14-18(2)16-19(15-17)24-21(27)23(8-9-23)22(28)26-12-10-25(11-13-26)20-6-4-3-5-7-20/h3-7,14-16H,8-13H2,1-2H3,(H,24,27).